The van der Waals surface area contributed by atoms with Crippen molar-refractivity contribution in [1.29, 1.82) is 0 Å². The molecule has 0 bridgehead atoms. The number of benzene rings is 1. The summed E-state index contributed by atoms with van der Waals surface area (Å²) in [6, 6.07) is 8.87. The third-order valence-electron chi connectivity index (χ3n) is 4.87. The molecule has 5 rings (SSSR count). The minimum Gasteiger partial charge on any atom is -0.136 e. The average Bonchev–Trinajstić information content (AvgIpc) is 3.18. The first-order valence-corrected chi connectivity index (χ1v) is 8.80. The van der Waals surface area contributed by atoms with Crippen molar-refractivity contribution in [3.05, 3.63) is 65.1 Å². The van der Waals surface area contributed by atoms with Crippen LogP contribution in [0.1, 0.15) is 30.2 Å². The first-order chi connectivity index (χ1) is 10.4. The Kier molecular flexibility index (Phi) is 3.11. The predicted molar refractivity (Wildman–Crippen MR) is 93.7 cm³/mol. The lowest BCUT2D eigenvalue weighted by molar-refractivity contribution is 0.414. The molecule has 1 heteroatoms. The molecule has 1 aromatic carbocycles. The van der Waals surface area contributed by atoms with Crippen molar-refractivity contribution in [3.8, 4) is 0 Å². The number of hydrogen-bond donors (Lipinski definition) is 0. The minimum atomic E-state index is 0.603. The molecule has 0 N–H and O–H groups in total. The van der Waals surface area contributed by atoms with Gasteiger partial charge in [0.05, 0.1) is 0 Å². The standard InChI is InChI=1S/C18H14S.C2H6/c1-2-4-15-13(3-1)18-14-9-7-11-5-6-12(17(11)14)8-10-16(18)19-15;1-2/h1-12,14,17H;1-2H3/t11?,12?,14?,17-;/m1./s1. The lowest BCUT2D eigenvalue weighted by atomic mass is 9.80. The molecule has 3 unspecified atom stereocenters. The van der Waals surface area contributed by atoms with Crippen LogP contribution >= 0.6 is 11.3 Å². The van der Waals surface area contributed by atoms with Crippen molar-refractivity contribution >= 4 is 27.5 Å². The van der Waals surface area contributed by atoms with Crippen LogP contribution in [0.5, 0.6) is 0 Å². The van der Waals surface area contributed by atoms with Gasteiger partial charge in [0.1, 0.15) is 0 Å². The zero-order valence-corrected chi connectivity index (χ0v) is 13.3. The maximum absolute atomic E-state index is 2.46. The van der Waals surface area contributed by atoms with E-state index in [-0.39, 0.29) is 0 Å². The maximum Gasteiger partial charge on any atom is 0.0352 e. The summed E-state index contributed by atoms with van der Waals surface area (Å²) >= 11 is 1.94. The van der Waals surface area contributed by atoms with Crippen LogP contribution in [0.3, 0.4) is 0 Å². The third-order valence-corrected chi connectivity index (χ3v) is 6.02. The van der Waals surface area contributed by atoms with Crippen LogP contribution in [0.2, 0.25) is 0 Å². The van der Waals surface area contributed by atoms with Gasteiger partial charge < -0.3 is 0 Å². The number of hydrogen-bond acceptors (Lipinski definition) is 1. The summed E-state index contributed by atoms with van der Waals surface area (Å²) in [5, 5.41) is 1.47. The average molecular weight is 292 g/mol. The summed E-state index contributed by atoms with van der Waals surface area (Å²) in [7, 11) is 0. The Morgan fingerprint density at radius 2 is 1.57 bits per heavy atom. The smallest absolute Gasteiger partial charge is 0.0352 e. The van der Waals surface area contributed by atoms with E-state index >= 15 is 0 Å². The van der Waals surface area contributed by atoms with Crippen molar-refractivity contribution in [2.45, 2.75) is 19.8 Å². The third kappa shape index (κ3) is 1.80. The first-order valence-electron chi connectivity index (χ1n) is 7.98. The Morgan fingerprint density at radius 1 is 0.857 bits per heavy atom. The fraction of sp³-hybridized carbons (Fsp3) is 0.300. The second-order valence-electron chi connectivity index (χ2n) is 5.76. The lowest BCUT2D eigenvalue weighted by Gasteiger charge is -2.22. The molecule has 0 amide bonds. The van der Waals surface area contributed by atoms with Crippen LogP contribution in [0.4, 0.5) is 0 Å². The molecule has 0 fully saturated rings. The van der Waals surface area contributed by atoms with Gasteiger partial charge in [0.2, 0.25) is 0 Å². The Bertz CT molecular complexity index is 759. The second kappa shape index (κ2) is 4.99. The molecule has 0 nitrogen and oxygen atoms in total. The Morgan fingerprint density at radius 3 is 2.43 bits per heavy atom. The van der Waals surface area contributed by atoms with Crippen LogP contribution in [0.15, 0.2) is 54.6 Å². The topological polar surface area (TPSA) is 0 Å². The van der Waals surface area contributed by atoms with Gasteiger partial charge in [-0.25, -0.2) is 0 Å². The lowest BCUT2D eigenvalue weighted by Crippen LogP contribution is -2.15. The molecular formula is C20H20S. The molecule has 0 saturated carbocycles. The Balaban J connectivity index is 0.000000555. The SMILES string of the molecule is C1=CC2C=CC3C=CC(c4c1sc1ccccc41)[C@@H]23.CC. The van der Waals surface area contributed by atoms with E-state index in [4.69, 9.17) is 0 Å². The van der Waals surface area contributed by atoms with Crippen LogP contribution in [-0.2, 0) is 0 Å². The highest BCUT2D eigenvalue weighted by atomic mass is 32.1. The van der Waals surface area contributed by atoms with E-state index in [1.807, 2.05) is 25.2 Å². The van der Waals surface area contributed by atoms with Crippen LogP contribution < -0.4 is 0 Å². The van der Waals surface area contributed by atoms with Gasteiger partial charge in [-0.1, -0.05) is 62.4 Å². The zero-order chi connectivity index (χ0) is 14.4. The first kappa shape index (κ1) is 13.1. The molecule has 0 radical (unpaired) electrons. The molecule has 4 atom stereocenters. The van der Waals surface area contributed by atoms with Gasteiger partial charge in [0, 0.05) is 15.5 Å². The van der Waals surface area contributed by atoms with Crippen molar-refractivity contribution in [2.75, 3.05) is 0 Å². The van der Waals surface area contributed by atoms with E-state index in [1.165, 1.54) is 15.0 Å². The highest BCUT2D eigenvalue weighted by Gasteiger charge is 2.41. The predicted octanol–water partition coefficient (Wildman–Crippen LogP) is 6.03. The summed E-state index contributed by atoms with van der Waals surface area (Å²) in [5.41, 5.74) is 1.58. The summed E-state index contributed by atoms with van der Waals surface area (Å²) in [6.45, 7) is 4.00. The van der Waals surface area contributed by atoms with Crippen molar-refractivity contribution in [2.24, 2.45) is 17.8 Å². The van der Waals surface area contributed by atoms with Gasteiger partial charge in [0.15, 0.2) is 0 Å². The quantitative estimate of drug-likeness (QED) is 0.520. The second-order valence-corrected chi connectivity index (χ2v) is 6.85. The Labute approximate surface area is 130 Å². The van der Waals surface area contributed by atoms with E-state index < -0.39 is 0 Å². The van der Waals surface area contributed by atoms with Gasteiger partial charge >= 0.3 is 0 Å². The molecule has 0 aliphatic heterocycles. The fourth-order valence-electron chi connectivity index (χ4n) is 4.05. The van der Waals surface area contributed by atoms with Gasteiger partial charge in [-0.05, 0) is 40.8 Å². The normalized spacial score (nSPS) is 30.8. The van der Waals surface area contributed by atoms with Crippen molar-refractivity contribution in [1.82, 2.24) is 0 Å². The molecule has 106 valence electrons. The van der Waals surface area contributed by atoms with Gasteiger partial charge in [-0.15, -0.1) is 11.3 Å². The Hall–Kier alpha value is -1.60. The molecule has 1 aromatic heterocycles. The summed E-state index contributed by atoms with van der Waals surface area (Å²) in [6.07, 6.45) is 14.5. The summed E-state index contributed by atoms with van der Waals surface area (Å²) in [4.78, 5) is 1.47. The number of allylic oxidation sites excluding steroid dienone is 5. The molecule has 0 spiro atoms. The zero-order valence-electron chi connectivity index (χ0n) is 12.5. The van der Waals surface area contributed by atoms with Gasteiger partial charge in [-0.3, -0.25) is 0 Å². The fourth-order valence-corrected chi connectivity index (χ4v) is 5.22. The van der Waals surface area contributed by atoms with E-state index in [9.17, 15) is 0 Å². The molecule has 0 saturated heterocycles. The maximum atomic E-state index is 2.46. The van der Waals surface area contributed by atoms with E-state index in [0.29, 0.717) is 17.8 Å². The molecule has 2 aromatic rings. The number of rotatable bonds is 0. The molecule has 21 heavy (non-hydrogen) atoms. The minimum absolute atomic E-state index is 0.603. The highest BCUT2D eigenvalue weighted by molar-refractivity contribution is 7.20. The summed E-state index contributed by atoms with van der Waals surface area (Å²) < 4.78 is 1.43. The van der Waals surface area contributed by atoms with E-state index in [1.54, 1.807) is 5.56 Å². The molecular weight excluding hydrogens is 272 g/mol. The van der Waals surface area contributed by atoms with Crippen LogP contribution in [0, 0.1) is 17.8 Å². The molecule has 3 aliphatic rings. The summed E-state index contributed by atoms with van der Waals surface area (Å²) in [5.74, 6) is 2.62. The molecule has 1 heterocycles. The van der Waals surface area contributed by atoms with Crippen molar-refractivity contribution < 1.29 is 0 Å². The van der Waals surface area contributed by atoms with Gasteiger partial charge in [-0.2, -0.15) is 0 Å². The van der Waals surface area contributed by atoms with Crippen LogP contribution in [-0.4, -0.2) is 0 Å². The largest absolute Gasteiger partial charge is 0.136 e. The van der Waals surface area contributed by atoms with Crippen molar-refractivity contribution in [3.63, 3.8) is 0 Å². The van der Waals surface area contributed by atoms with E-state index in [2.05, 4.69) is 60.7 Å². The van der Waals surface area contributed by atoms with Gasteiger partial charge in [0.25, 0.3) is 0 Å². The highest BCUT2D eigenvalue weighted by Crippen LogP contribution is 2.53. The van der Waals surface area contributed by atoms with Crippen LogP contribution in [0.25, 0.3) is 16.2 Å². The van der Waals surface area contributed by atoms with E-state index in [0.717, 1.165) is 5.92 Å². The molecule has 3 aliphatic carbocycles. The monoisotopic (exact) mass is 292 g/mol. The number of fused-ring (bicyclic) bond motifs is 4. The number of thiophene rings is 1.